The first-order valence-electron chi connectivity index (χ1n) is 5.86. The number of anilines is 1. The zero-order chi connectivity index (χ0) is 15.0. The fraction of sp³-hybridized carbons (Fsp3) is 0. The van der Waals surface area contributed by atoms with Crippen LogP contribution in [0, 0.1) is 0 Å². The Morgan fingerprint density at radius 1 is 1.14 bits per heavy atom. The molecule has 0 aliphatic rings. The van der Waals surface area contributed by atoms with Crippen LogP contribution >= 0.6 is 38.6 Å². The molecule has 0 radical (unpaired) electrons. The SMILES string of the molecule is O=C(Nc1ccc(Br)cc1C(=O)O)c1cc2sccc2s1. The third-order valence-corrected chi connectivity index (χ3v) is 5.41. The Balaban J connectivity index is 1.91. The summed E-state index contributed by atoms with van der Waals surface area (Å²) in [5, 5.41) is 13.8. The van der Waals surface area contributed by atoms with Gasteiger partial charge in [-0.05, 0) is 35.7 Å². The van der Waals surface area contributed by atoms with E-state index in [-0.39, 0.29) is 17.2 Å². The van der Waals surface area contributed by atoms with Crippen molar-refractivity contribution in [1.29, 1.82) is 0 Å². The molecule has 2 heterocycles. The van der Waals surface area contributed by atoms with Crippen molar-refractivity contribution < 1.29 is 14.7 Å². The van der Waals surface area contributed by atoms with Crippen LogP contribution in [0.15, 0.2) is 40.2 Å². The molecule has 0 atom stereocenters. The van der Waals surface area contributed by atoms with E-state index < -0.39 is 5.97 Å². The quantitative estimate of drug-likeness (QED) is 0.692. The molecule has 3 rings (SSSR count). The lowest BCUT2D eigenvalue weighted by molar-refractivity contribution is 0.0698. The van der Waals surface area contributed by atoms with E-state index >= 15 is 0 Å². The molecule has 0 spiro atoms. The number of nitrogens with one attached hydrogen (secondary N) is 1. The van der Waals surface area contributed by atoms with Crippen LogP contribution in [-0.4, -0.2) is 17.0 Å². The zero-order valence-electron chi connectivity index (χ0n) is 10.4. The Labute approximate surface area is 136 Å². The molecule has 0 aliphatic carbocycles. The normalized spacial score (nSPS) is 10.7. The minimum Gasteiger partial charge on any atom is -0.478 e. The first-order valence-corrected chi connectivity index (χ1v) is 8.35. The largest absolute Gasteiger partial charge is 0.478 e. The summed E-state index contributed by atoms with van der Waals surface area (Å²) >= 11 is 6.18. The summed E-state index contributed by atoms with van der Waals surface area (Å²) in [5.41, 5.74) is 0.337. The summed E-state index contributed by atoms with van der Waals surface area (Å²) in [6.45, 7) is 0. The standard InChI is InChI=1S/C14H8BrNO3S2/c15-7-1-2-9(8(5-7)14(18)19)16-13(17)12-6-11-10(21-12)3-4-20-11/h1-6H,(H,16,17)(H,18,19). The van der Waals surface area contributed by atoms with Crippen LogP contribution < -0.4 is 5.32 Å². The number of benzene rings is 1. The van der Waals surface area contributed by atoms with Gasteiger partial charge in [0.05, 0.1) is 16.1 Å². The maximum absolute atomic E-state index is 12.2. The highest BCUT2D eigenvalue weighted by Crippen LogP contribution is 2.31. The first-order chi connectivity index (χ1) is 10.0. The van der Waals surface area contributed by atoms with Crippen LogP contribution in [0.25, 0.3) is 9.40 Å². The molecule has 0 saturated carbocycles. The third kappa shape index (κ3) is 2.85. The van der Waals surface area contributed by atoms with Crippen LogP contribution in [0.3, 0.4) is 0 Å². The van der Waals surface area contributed by atoms with Gasteiger partial charge in [-0.3, -0.25) is 4.79 Å². The summed E-state index contributed by atoms with van der Waals surface area (Å²) < 4.78 is 2.76. The lowest BCUT2D eigenvalue weighted by Gasteiger charge is -2.07. The van der Waals surface area contributed by atoms with Gasteiger partial charge >= 0.3 is 5.97 Å². The van der Waals surface area contributed by atoms with Gasteiger partial charge in [0, 0.05) is 13.9 Å². The van der Waals surface area contributed by atoms with Crippen molar-refractivity contribution >= 4 is 65.6 Å². The molecule has 2 aromatic heterocycles. The van der Waals surface area contributed by atoms with E-state index in [2.05, 4.69) is 21.2 Å². The van der Waals surface area contributed by atoms with Gasteiger partial charge in [0.15, 0.2) is 0 Å². The van der Waals surface area contributed by atoms with Crippen molar-refractivity contribution in [2.75, 3.05) is 5.32 Å². The lowest BCUT2D eigenvalue weighted by atomic mass is 10.2. The number of aromatic carboxylic acids is 1. The van der Waals surface area contributed by atoms with E-state index in [0.29, 0.717) is 9.35 Å². The van der Waals surface area contributed by atoms with E-state index in [4.69, 9.17) is 0 Å². The molecule has 1 amide bonds. The molecule has 3 aromatic rings. The minimum atomic E-state index is -1.08. The van der Waals surface area contributed by atoms with E-state index in [1.54, 1.807) is 23.5 Å². The molecular formula is C14H8BrNO3S2. The Kier molecular flexibility index (Phi) is 3.79. The first kappa shape index (κ1) is 14.2. The van der Waals surface area contributed by atoms with Crippen molar-refractivity contribution in [3.63, 3.8) is 0 Å². The van der Waals surface area contributed by atoms with E-state index in [1.165, 1.54) is 17.4 Å². The summed E-state index contributed by atoms with van der Waals surface area (Å²) in [7, 11) is 0. The van der Waals surface area contributed by atoms with E-state index in [0.717, 1.165) is 9.40 Å². The molecular weight excluding hydrogens is 374 g/mol. The molecule has 106 valence electrons. The average Bonchev–Trinajstić information content (AvgIpc) is 3.01. The van der Waals surface area contributed by atoms with Crippen LogP contribution in [0.4, 0.5) is 5.69 Å². The van der Waals surface area contributed by atoms with Crippen LogP contribution in [0.1, 0.15) is 20.0 Å². The number of halogens is 1. The maximum atomic E-state index is 12.2. The molecule has 21 heavy (non-hydrogen) atoms. The predicted molar refractivity (Wildman–Crippen MR) is 88.8 cm³/mol. The summed E-state index contributed by atoms with van der Waals surface area (Å²) in [5.74, 6) is -1.38. The van der Waals surface area contributed by atoms with Gasteiger partial charge in [0.2, 0.25) is 0 Å². The van der Waals surface area contributed by atoms with Crippen molar-refractivity contribution in [1.82, 2.24) is 0 Å². The van der Waals surface area contributed by atoms with Crippen molar-refractivity contribution in [2.45, 2.75) is 0 Å². The van der Waals surface area contributed by atoms with Gasteiger partial charge in [0.1, 0.15) is 0 Å². The lowest BCUT2D eigenvalue weighted by Crippen LogP contribution is -2.13. The number of hydrogen-bond acceptors (Lipinski definition) is 4. The molecule has 0 aliphatic heterocycles. The Morgan fingerprint density at radius 3 is 2.67 bits per heavy atom. The number of carboxylic acid groups (broad SMARTS) is 1. The molecule has 0 unspecified atom stereocenters. The number of fused-ring (bicyclic) bond motifs is 1. The maximum Gasteiger partial charge on any atom is 0.337 e. The van der Waals surface area contributed by atoms with Gasteiger partial charge in [-0.1, -0.05) is 15.9 Å². The second-order valence-corrected chi connectivity index (χ2v) is 7.16. The van der Waals surface area contributed by atoms with E-state index in [1.807, 2.05) is 17.5 Å². The number of carbonyl (C=O) groups excluding carboxylic acids is 1. The van der Waals surface area contributed by atoms with E-state index in [9.17, 15) is 14.7 Å². The summed E-state index contributed by atoms with van der Waals surface area (Å²) in [4.78, 5) is 24.0. The number of thiophene rings is 2. The Morgan fingerprint density at radius 2 is 1.95 bits per heavy atom. The third-order valence-electron chi connectivity index (χ3n) is 2.82. The number of carbonyl (C=O) groups is 2. The van der Waals surface area contributed by atoms with Gasteiger partial charge in [-0.25, -0.2) is 4.79 Å². The topological polar surface area (TPSA) is 66.4 Å². The fourth-order valence-corrected chi connectivity index (χ4v) is 4.23. The molecule has 0 bridgehead atoms. The molecule has 7 heteroatoms. The monoisotopic (exact) mass is 381 g/mol. The van der Waals surface area contributed by atoms with Crippen LogP contribution in [-0.2, 0) is 0 Å². The molecule has 2 N–H and O–H groups in total. The van der Waals surface area contributed by atoms with Gasteiger partial charge in [0.25, 0.3) is 5.91 Å². The Hall–Kier alpha value is -1.70. The number of hydrogen-bond donors (Lipinski definition) is 2. The van der Waals surface area contributed by atoms with Crippen molar-refractivity contribution in [2.24, 2.45) is 0 Å². The van der Waals surface area contributed by atoms with Crippen molar-refractivity contribution in [3.8, 4) is 0 Å². The molecule has 0 fully saturated rings. The number of amides is 1. The van der Waals surface area contributed by atoms with Crippen molar-refractivity contribution in [3.05, 3.63) is 50.6 Å². The molecule has 0 saturated heterocycles. The highest BCUT2D eigenvalue weighted by Gasteiger charge is 2.16. The average molecular weight is 382 g/mol. The fourth-order valence-electron chi connectivity index (χ4n) is 1.86. The van der Waals surface area contributed by atoms with Gasteiger partial charge in [-0.15, -0.1) is 22.7 Å². The molecule has 4 nitrogen and oxygen atoms in total. The minimum absolute atomic E-state index is 0.0519. The zero-order valence-corrected chi connectivity index (χ0v) is 13.6. The van der Waals surface area contributed by atoms with Crippen LogP contribution in [0.5, 0.6) is 0 Å². The van der Waals surface area contributed by atoms with Gasteiger partial charge < -0.3 is 10.4 Å². The second kappa shape index (κ2) is 5.59. The second-order valence-electron chi connectivity index (χ2n) is 4.21. The number of carboxylic acids is 1. The van der Waals surface area contributed by atoms with Gasteiger partial charge in [-0.2, -0.15) is 0 Å². The summed E-state index contributed by atoms with van der Waals surface area (Å²) in [6, 6.07) is 8.50. The summed E-state index contributed by atoms with van der Waals surface area (Å²) in [6.07, 6.45) is 0. The highest BCUT2D eigenvalue weighted by molar-refractivity contribution is 9.10. The highest BCUT2D eigenvalue weighted by atomic mass is 79.9. The molecule has 1 aromatic carbocycles. The Bertz CT molecular complexity index is 824. The number of rotatable bonds is 3. The smallest absolute Gasteiger partial charge is 0.337 e. The van der Waals surface area contributed by atoms with Crippen LogP contribution in [0.2, 0.25) is 0 Å². The predicted octanol–water partition coefficient (Wildman–Crippen LogP) is 4.68.